The van der Waals surface area contributed by atoms with E-state index in [0.29, 0.717) is 18.1 Å². The SMILES string of the molecule is CCOC(=O)c1cnn(C)c1CN(CC)CC(CC)CC. The van der Waals surface area contributed by atoms with Crippen LogP contribution in [0.4, 0.5) is 0 Å². The van der Waals surface area contributed by atoms with Gasteiger partial charge in [0.25, 0.3) is 0 Å². The summed E-state index contributed by atoms with van der Waals surface area (Å²) < 4.78 is 6.89. The Morgan fingerprint density at radius 3 is 2.52 bits per heavy atom. The average molecular weight is 295 g/mol. The van der Waals surface area contributed by atoms with Crippen LogP contribution in [-0.2, 0) is 18.3 Å². The van der Waals surface area contributed by atoms with E-state index >= 15 is 0 Å². The van der Waals surface area contributed by atoms with Gasteiger partial charge >= 0.3 is 5.97 Å². The molecule has 0 atom stereocenters. The fourth-order valence-electron chi connectivity index (χ4n) is 2.46. The van der Waals surface area contributed by atoms with Crippen LogP contribution in [0.15, 0.2) is 6.20 Å². The lowest BCUT2D eigenvalue weighted by Gasteiger charge is -2.25. The summed E-state index contributed by atoms with van der Waals surface area (Å²) in [5, 5.41) is 4.22. The number of hydrogen-bond donors (Lipinski definition) is 0. The van der Waals surface area contributed by atoms with Gasteiger partial charge in [-0.3, -0.25) is 9.58 Å². The molecule has 1 heterocycles. The van der Waals surface area contributed by atoms with Gasteiger partial charge in [0, 0.05) is 20.1 Å². The minimum absolute atomic E-state index is 0.279. The maximum Gasteiger partial charge on any atom is 0.341 e. The highest BCUT2D eigenvalue weighted by Crippen LogP contribution is 2.16. The van der Waals surface area contributed by atoms with Gasteiger partial charge < -0.3 is 4.74 Å². The first-order valence-electron chi connectivity index (χ1n) is 7.97. The van der Waals surface area contributed by atoms with E-state index in [1.54, 1.807) is 10.9 Å². The predicted molar refractivity (Wildman–Crippen MR) is 84.2 cm³/mol. The zero-order chi connectivity index (χ0) is 15.8. The summed E-state index contributed by atoms with van der Waals surface area (Å²) in [6.07, 6.45) is 3.98. The Kier molecular flexibility index (Phi) is 7.43. The monoisotopic (exact) mass is 295 g/mol. The van der Waals surface area contributed by atoms with Crippen molar-refractivity contribution < 1.29 is 9.53 Å². The molecule has 0 amide bonds. The van der Waals surface area contributed by atoms with E-state index < -0.39 is 0 Å². The first-order valence-corrected chi connectivity index (χ1v) is 7.97. The summed E-state index contributed by atoms with van der Waals surface area (Å²) in [7, 11) is 1.88. The molecule has 0 saturated carbocycles. The smallest absolute Gasteiger partial charge is 0.341 e. The summed E-state index contributed by atoms with van der Waals surface area (Å²) in [6, 6.07) is 0. The molecule has 0 aliphatic carbocycles. The molecule has 0 bridgehead atoms. The third kappa shape index (κ3) is 4.84. The second-order valence-corrected chi connectivity index (χ2v) is 5.36. The Morgan fingerprint density at radius 1 is 1.33 bits per heavy atom. The van der Waals surface area contributed by atoms with Crippen molar-refractivity contribution >= 4 is 5.97 Å². The average Bonchev–Trinajstić information content (AvgIpc) is 2.84. The third-order valence-electron chi connectivity index (χ3n) is 4.05. The fraction of sp³-hybridized carbons (Fsp3) is 0.750. The molecular weight excluding hydrogens is 266 g/mol. The van der Waals surface area contributed by atoms with E-state index in [-0.39, 0.29) is 5.97 Å². The van der Waals surface area contributed by atoms with Gasteiger partial charge in [-0.1, -0.05) is 33.6 Å². The standard InChI is InChI=1S/C16H29N3O2/c1-6-13(7-2)11-19(8-3)12-15-14(10-17-18(15)5)16(20)21-9-4/h10,13H,6-9,11-12H2,1-5H3. The first kappa shape index (κ1) is 17.7. The van der Waals surface area contributed by atoms with Crippen LogP contribution in [0, 0.1) is 5.92 Å². The fourth-order valence-corrected chi connectivity index (χ4v) is 2.46. The van der Waals surface area contributed by atoms with Crippen LogP contribution in [0.25, 0.3) is 0 Å². The zero-order valence-corrected chi connectivity index (χ0v) is 14.1. The van der Waals surface area contributed by atoms with Gasteiger partial charge in [-0.15, -0.1) is 0 Å². The summed E-state index contributed by atoms with van der Waals surface area (Å²) in [6.45, 7) is 11.6. The Labute approximate surface area is 128 Å². The molecule has 5 nitrogen and oxygen atoms in total. The number of rotatable bonds is 9. The number of carbonyl (C=O) groups is 1. The number of ether oxygens (including phenoxy) is 1. The topological polar surface area (TPSA) is 47.4 Å². The predicted octanol–water partition coefficient (Wildman–Crippen LogP) is 2.85. The quantitative estimate of drug-likeness (QED) is 0.657. The van der Waals surface area contributed by atoms with Crippen LogP contribution < -0.4 is 0 Å². The number of esters is 1. The van der Waals surface area contributed by atoms with Crippen molar-refractivity contribution in [3.05, 3.63) is 17.5 Å². The summed E-state index contributed by atoms with van der Waals surface area (Å²) in [5.41, 5.74) is 1.52. The van der Waals surface area contributed by atoms with Crippen LogP contribution >= 0.6 is 0 Å². The maximum atomic E-state index is 12.0. The number of aromatic nitrogens is 2. The molecule has 1 rings (SSSR count). The van der Waals surface area contributed by atoms with Crippen LogP contribution in [0.3, 0.4) is 0 Å². The Hall–Kier alpha value is -1.36. The van der Waals surface area contributed by atoms with Gasteiger partial charge in [-0.05, 0) is 19.4 Å². The molecule has 0 aliphatic heterocycles. The van der Waals surface area contributed by atoms with Crippen molar-refractivity contribution in [2.75, 3.05) is 19.7 Å². The third-order valence-corrected chi connectivity index (χ3v) is 4.05. The molecule has 21 heavy (non-hydrogen) atoms. The van der Waals surface area contributed by atoms with E-state index in [4.69, 9.17) is 4.74 Å². The summed E-state index contributed by atoms with van der Waals surface area (Å²) in [4.78, 5) is 14.4. The molecule has 0 aromatic carbocycles. The zero-order valence-electron chi connectivity index (χ0n) is 14.1. The van der Waals surface area contributed by atoms with Crippen molar-refractivity contribution in [1.29, 1.82) is 0 Å². The minimum atomic E-state index is -0.279. The molecule has 0 radical (unpaired) electrons. The molecule has 120 valence electrons. The normalized spacial score (nSPS) is 11.4. The lowest BCUT2D eigenvalue weighted by molar-refractivity contribution is 0.0523. The van der Waals surface area contributed by atoms with Gasteiger partial charge in [-0.2, -0.15) is 5.10 Å². The molecule has 1 aromatic rings. The Bertz CT molecular complexity index is 439. The van der Waals surface area contributed by atoms with Gasteiger partial charge in [0.05, 0.1) is 18.5 Å². The molecular formula is C16H29N3O2. The van der Waals surface area contributed by atoms with E-state index in [2.05, 4.69) is 30.8 Å². The van der Waals surface area contributed by atoms with E-state index in [9.17, 15) is 4.79 Å². The van der Waals surface area contributed by atoms with Gasteiger partial charge in [0.1, 0.15) is 5.56 Å². The molecule has 0 spiro atoms. The lowest BCUT2D eigenvalue weighted by Crippen LogP contribution is -2.30. The molecule has 0 saturated heterocycles. The van der Waals surface area contributed by atoms with Crippen LogP contribution in [0.2, 0.25) is 0 Å². The lowest BCUT2D eigenvalue weighted by atomic mass is 10.0. The van der Waals surface area contributed by atoms with Gasteiger partial charge in [0.15, 0.2) is 0 Å². The number of carbonyl (C=O) groups excluding carboxylic acids is 1. The highest BCUT2D eigenvalue weighted by atomic mass is 16.5. The number of hydrogen-bond acceptors (Lipinski definition) is 4. The van der Waals surface area contributed by atoms with Gasteiger partial charge in [0.2, 0.25) is 0 Å². The van der Waals surface area contributed by atoms with Crippen LogP contribution in [-0.4, -0.2) is 40.3 Å². The summed E-state index contributed by atoms with van der Waals surface area (Å²) in [5.74, 6) is 0.420. The first-order chi connectivity index (χ1) is 10.1. The molecule has 5 heteroatoms. The second kappa shape index (κ2) is 8.82. The van der Waals surface area contributed by atoms with Crippen molar-refractivity contribution in [3.63, 3.8) is 0 Å². The Balaban J connectivity index is 2.84. The number of nitrogens with zero attached hydrogens (tertiary/aromatic N) is 3. The highest BCUT2D eigenvalue weighted by Gasteiger charge is 2.20. The van der Waals surface area contributed by atoms with E-state index in [1.807, 2.05) is 14.0 Å². The minimum Gasteiger partial charge on any atom is -0.462 e. The van der Waals surface area contributed by atoms with Crippen molar-refractivity contribution in [2.45, 2.75) is 47.1 Å². The highest BCUT2D eigenvalue weighted by molar-refractivity contribution is 5.90. The molecule has 1 aromatic heterocycles. The van der Waals surface area contributed by atoms with Crippen molar-refractivity contribution in [3.8, 4) is 0 Å². The molecule has 0 aliphatic rings. The van der Waals surface area contributed by atoms with Crippen molar-refractivity contribution in [1.82, 2.24) is 14.7 Å². The number of aryl methyl sites for hydroxylation is 1. The van der Waals surface area contributed by atoms with E-state index in [1.165, 1.54) is 12.8 Å². The molecule has 0 fully saturated rings. The van der Waals surface area contributed by atoms with Crippen LogP contribution in [0.5, 0.6) is 0 Å². The van der Waals surface area contributed by atoms with Gasteiger partial charge in [-0.25, -0.2) is 4.79 Å². The second-order valence-electron chi connectivity index (χ2n) is 5.36. The van der Waals surface area contributed by atoms with E-state index in [0.717, 1.165) is 25.3 Å². The summed E-state index contributed by atoms with van der Waals surface area (Å²) >= 11 is 0. The Morgan fingerprint density at radius 2 is 2.00 bits per heavy atom. The molecule has 0 unspecified atom stereocenters. The van der Waals surface area contributed by atoms with Crippen LogP contribution in [0.1, 0.15) is 56.6 Å². The maximum absolute atomic E-state index is 12.0. The van der Waals surface area contributed by atoms with Crippen molar-refractivity contribution in [2.24, 2.45) is 13.0 Å². The largest absolute Gasteiger partial charge is 0.462 e. The molecule has 0 N–H and O–H groups in total.